The number of para-hydroxylation sites is 1. The number of ketones is 1. The van der Waals surface area contributed by atoms with Crippen molar-refractivity contribution in [2.24, 2.45) is 11.7 Å². The first-order chi connectivity index (χ1) is 9.58. The van der Waals surface area contributed by atoms with Crippen molar-refractivity contribution in [1.82, 2.24) is 4.98 Å². The summed E-state index contributed by atoms with van der Waals surface area (Å²) in [6.45, 7) is 4.19. The summed E-state index contributed by atoms with van der Waals surface area (Å²) in [6.07, 6.45) is 5.19. The van der Waals surface area contributed by atoms with E-state index in [4.69, 9.17) is 5.73 Å². The minimum absolute atomic E-state index is 0.193. The molecule has 1 atom stereocenters. The maximum atomic E-state index is 11.9. The van der Waals surface area contributed by atoms with Gasteiger partial charge in [0.25, 0.3) is 0 Å². The Morgan fingerprint density at radius 2 is 2.05 bits per heavy atom. The zero-order chi connectivity index (χ0) is 14.5. The zero-order valence-corrected chi connectivity index (χ0v) is 12.4. The molecule has 0 aliphatic rings. The summed E-state index contributed by atoms with van der Waals surface area (Å²) in [7, 11) is 0. The molecule has 0 radical (unpaired) electrons. The first-order valence-corrected chi connectivity index (χ1v) is 7.41. The number of aryl methyl sites for hydroxylation is 1. The number of benzene rings is 1. The van der Waals surface area contributed by atoms with E-state index in [1.807, 2.05) is 18.3 Å². The number of hydrogen-bond acceptors (Lipinski definition) is 2. The van der Waals surface area contributed by atoms with Gasteiger partial charge in [-0.2, -0.15) is 0 Å². The largest absolute Gasteiger partial charge is 0.361 e. The first kappa shape index (κ1) is 14.8. The summed E-state index contributed by atoms with van der Waals surface area (Å²) in [5.41, 5.74) is 8.35. The number of carbonyl (C=O) groups excluding carboxylic acids is 1. The Bertz CT molecular complexity index is 571. The van der Waals surface area contributed by atoms with Crippen LogP contribution in [0.2, 0.25) is 0 Å². The third-order valence-electron chi connectivity index (χ3n) is 3.68. The maximum absolute atomic E-state index is 11.9. The number of nitrogens with two attached hydrogens (primary N) is 1. The SMILES string of the molecule is CC(C)C[C@H](N)C(=O)CCCc1c[nH]c2ccccc12. The number of H-pyrrole nitrogens is 1. The van der Waals surface area contributed by atoms with Crippen LogP contribution in [0.3, 0.4) is 0 Å². The monoisotopic (exact) mass is 272 g/mol. The van der Waals surface area contributed by atoms with Gasteiger partial charge in [-0.15, -0.1) is 0 Å². The number of fused-ring (bicyclic) bond motifs is 1. The predicted molar refractivity (Wildman–Crippen MR) is 83.7 cm³/mol. The number of carbonyl (C=O) groups is 1. The fourth-order valence-corrected chi connectivity index (χ4v) is 2.62. The van der Waals surface area contributed by atoms with E-state index in [1.54, 1.807) is 0 Å². The van der Waals surface area contributed by atoms with Gasteiger partial charge in [0.15, 0.2) is 0 Å². The lowest BCUT2D eigenvalue weighted by Gasteiger charge is -2.12. The number of hydrogen-bond donors (Lipinski definition) is 2. The van der Waals surface area contributed by atoms with Gasteiger partial charge in [0.2, 0.25) is 0 Å². The minimum Gasteiger partial charge on any atom is -0.361 e. The minimum atomic E-state index is -0.294. The van der Waals surface area contributed by atoms with Gasteiger partial charge in [0.05, 0.1) is 6.04 Å². The lowest BCUT2D eigenvalue weighted by atomic mass is 9.97. The molecule has 0 saturated heterocycles. The van der Waals surface area contributed by atoms with E-state index in [9.17, 15) is 4.79 Å². The third-order valence-corrected chi connectivity index (χ3v) is 3.68. The van der Waals surface area contributed by atoms with E-state index in [0.717, 1.165) is 24.8 Å². The maximum Gasteiger partial charge on any atom is 0.149 e. The van der Waals surface area contributed by atoms with Gasteiger partial charge in [-0.1, -0.05) is 32.0 Å². The van der Waals surface area contributed by atoms with Crippen LogP contribution in [-0.2, 0) is 11.2 Å². The zero-order valence-electron chi connectivity index (χ0n) is 12.4. The fourth-order valence-electron chi connectivity index (χ4n) is 2.62. The predicted octanol–water partition coefficient (Wildman–Crippen LogP) is 3.43. The third kappa shape index (κ3) is 3.70. The van der Waals surface area contributed by atoms with Crippen LogP contribution < -0.4 is 5.73 Å². The molecular weight excluding hydrogens is 248 g/mol. The quantitative estimate of drug-likeness (QED) is 0.811. The van der Waals surface area contributed by atoms with Crippen LogP contribution in [0.4, 0.5) is 0 Å². The summed E-state index contributed by atoms with van der Waals surface area (Å²) in [5.74, 6) is 0.668. The second kappa shape index (κ2) is 6.71. The van der Waals surface area contributed by atoms with E-state index in [1.165, 1.54) is 10.9 Å². The van der Waals surface area contributed by atoms with Gasteiger partial charge in [-0.25, -0.2) is 0 Å². The van der Waals surface area contributed by atoms with Crippen molar-refractivity contribution < 1.29 is 4.79 Å². The molecule has 1 aromatic carbocycles. The Kier molecular flexibility index (Phi) is 4.96. The van der Waals surface area contributed by atoms with Crippen molar-refractivity contribution in [3.05, 3.63) is 36.0 Å². The summed E-state index contributed by atoms with van der Waals surface area (Å²) in [5, 5.41) is 1.26. The number of Topliss-reactive ketones (excluding diaryl/α,β-unsaturated/α-hetero) is 1. The molecule has 20 heavy (non-hydrogen) atoms. The highest BCUT2D eigenvalue weighted by atomic mass is 16.1. The van der Waals surface area contributed by atoms with Crippen LogP contribution in [0, 0.1) is 5.92 Å². The van der Waals surface area contributed by atoms with Crippen LogP contribution in [0.25, 0.3) is 10.9 Å². The molecule has 0 bridgehead atoms. The molecule has 3 nitrogen and oxygen atoms in total. The van der Waals surface area contributed by atoms with E-state index in [0.29, 0.717) is 12.3 Å². The smallest absolute Gasteiger partial charge is 0.149 e. The molecule has 0 fully saturated rings. The Morgan fingerprint density at radius 1 is 1.30 bits per heavy atom. The van der Waals surface area contributed by atoms with Crippen LogP contribution in [0.1, 0.15) is 38.7 Å². The van der Waals surface area contributed by atoms with E-state index in [-0.39, 0.29) is 11.8 Å². The second-order valence-electron chi connectivity index (χ2n) is 5.92. The molecule has 0 saturated carbocycles. The molecule has 3 heteroatoms. The number of aromatic nitrogens is 1. The average molecular weight is 272 g/mol. The van der Waals surface area contributed by atoms with E-state index in [2.05, 4.69) is 31.0 Å². The molecule has 0 unspecified atom stereocenters. The fraction of sp³-hybridized carbons (Fsp3) is 0.471. The number of rotatable bonds is 7. The summed E-state index contributed by atoms with van der Waals surface area (Å²) >= 11 is 0. The molecule has 0 aliphatic carbocycles. The van der Waals surface area contributed by atoms with Gasteiger partial charge in [0.1, 0.15) is 5.78 Å². The standard InChI is InChI=1S/C17H24N2O/c1-12(2)10-15(18)17(20)9-5-6-13-11-19-16-8-4-3-7-14(13)16/h3-4,7-8,11-12,15,19H,5-6,9-10,18H2,1-2H3/t15-/m0/s1. The van der Waals surface area contributed by atoms with Crippen molar-refractivity contribution in [1.29, 1.82) is 0 Å². The molecule has 0 aliphatic heterocycles. The molecule has 1 heterocycles. The molecular formula is C17H24N2O. The van der Waals surface area contributed by atoms with Gasteiger partial charge in [-0.05, 0) is 36.8 Å². The first-order valence-electron chi connectivity index (χ1n) is 7.41. The lowest BCUT2D eigenvalue weighted by molar-refractivity contribution is -0.120. The molecule has 0 spiro atoms. The van der Waals surface area contributed by atoms with Crippen molar-refractivity contribution in [2.45, 2.75) is 45.6 Å². The van der Waals surface area contributed by atoms with Crippen LogP contribution in [0.15, 0.2) is 30.5 Å². The Balaban J connectivity index is 1.85. The van der Waals surface area contributed by atoms with Crippen molar-refractivity contribution >= 4 is 16.7 Å². The molecule has 2 rings (SSSR count). The van der Waals surface area contributed by atoms with Gasteiger partial charge >= 0.3 is 0 Å². The van der Waals surface area contributed by atoms with Crippen LogP contribution in [0.5, 0.6) is 0 Å². The van der Waals surface area contributed by atoms with Gasteiger partial charge in [-0.3, -0.25) is 4.79 Å². The summed E-state index contributed by atoms with van der Waals surface area (Å²) in [6, 6.07) is 7.97. The lowest BCUT2D eigenvalue weighted by Crippen LogP contribution is -2.31. The van der Waals surface area contributed by atoms with Gasteiger partial charge < -0.3 is 10.7 Å². The van der Waals surface area contributed by atoms with E-state index < -0.39 is 0 Å². The highest BCUT2D eigenvalue weighted by molar-refractivity contribution is 5.84. The van der Waals surface area contributed by atoms with Gasteiger partial charge in [0, 0.05) is 23.5 Å². The number of nitrogens with one attached hydrogen (secondary N) is 1. The summed E-state index contributed by atoms with van der Waals surface area (Å²) < 4.78 is 0. The van der Waals surface area contributed by atoms with E-state index >= 15 is 0 Å². The number of aromatic amines is 1. The van der Waals surface area contributed by atoms with Crippen LogP contribution >= 0.6 is 0 Å². The molecule has 3 N–H and O–H groups in total. The molecule has 0 amide bonds. The van der Waals surface area contributed by atoms with Crippen LogP contribution in [-0.4, -0.2) is 16.8 Å². The molecule has 1 aromatic heterocycles. The average Bonchev–Trinajstić information content (AvgIpc) is 2.81. The molecule has 2 aromatic rings. The van der Waals surface area contributed by atoms with Crippen molar-refractivity contribution in [3.8, 4) is 0 Å². The van der Waals surface area contributed by atoms with Crippen molar-refractivity contribution in [2.75, 3.05) is 0 Å². The normalized spacial score (nSPS) is 13.0. The van der Waals surface area contributed by atoms with Crippen molar-refractivity contribution in [3.63, 3.8) is 0 Å². The Labute approximate surface area is 120 Å². The Hall–Kier alpha value is -1.61. The second-order valence-corrected chi connectivity index (χ2v) is 5.92. The highest BCUT2D eigenvalue weighted by Gasteiger charge is 2.14. The Morgan fingerprint density at radius 3 is 2.80 bits per heavy atom. The topological polar surface area (TPSA) is 58.9 Å². The molecule has 108 valence electrons. The highest BCUT2D eigenvalue weighted by Crippen LogP contribution is 2.19. The summed E-state index contributed by atoms with van der Waals surface area (Å²) in [4.78, 5) is 15.2.